The number of amides is 2. The molecule has 0 unspecified atom stereocenters. The molecule has 2 aromatic carbocycles. The third-order valence-corrected chi connectivity index (χ3v) is 5.07. The van der Waals surface area contributed by atoms with E-state index in [0.717, 1.165) is 15.0 Å². The summed E-state index contributed by atoms with van der Waals surface area (Å²) in [5.41, 5.74) is 1.32. The number of hydrogen-bond donors (Lipinski definition) is 2. The number of fused-ring (bicyclic) bond motifs is 1. The molecule has 4 nitrogen and oxygen atoms in total. The largest absolute Gasteiger partial charge is 0.326 e. The number of benzene rings is 2. The highest BCUT2D eigenvalue weighted by molar-refractivity contribution is 7.20. The highest BCUT2D eigenvalue weighted by atomic mass is 35.5. The lowest BCUT2D eigenvalue weighted by Crippen LogP contribution is -2.08. The molecular weight excluding hydrogens is 356 g/mol. The smallest absolute Gasteiger partial charge is 0.248 e. The van der Waals surface area contributed by atoms with Gasteiger partial charge in [-0.1, -0.05) is 29.8 Å². The van der Waals surface area contributed by atoms with Crippen LogP contribution < -0.4 is 10.6 Å². The van der Waals surface area contributed by atoms with Crippen LogP contribution in [0.4, 0.5) is 11.4 Å². The first-order valence-corrected chi connectivity index (χ1v) is 8.76. The number of nitrogens with one attached hydrogen (secondary N) is 2. The Morgan fingerprint density at radius 2 is 1.64 bits per heavy atom. The maximum atomic E-state index is 12.1. The predicted octanol–water partition coefficient (Wildman–Crippen LogP) is 5.17. The lowest BCUT2D eigenvalue weighted by molar-refractivity contribution is -0.114. The predicted molar refractivity (Wildman–Crippen MR) is 105 cm³/mol. The quantitative estimate of drug-likeness (QED) is 0.623. The third kappa shape index (κ3) is 4.26. The molecule has 0 bridgehead atoms. The maximum Gasteiger partial charge on any atom is 0.248 e. The summed E-state index contributed by atoms with van der Waals surface area (Å²) >= 11 is 7.89. The van der Waals surface area contributed by atoms with Gasteiger partial charge in [-0.15, -0.1) is 11.3 Å². The lowest BCUT2D eigenvalue weighted by atomic mass is 10.2. The van der Waals surface area contributed by atoms with Gasteiger partial charge >= 0.3 is 0 Å². The molecule has 2 N–H and O–H groups in total. The van der Waals surface area contributed by atoms with Gasteiger partial charge in [0.1, 0.15) is 0 Å². The molecule has 0 aliphatic rings. The molecule has 25 heavy (non-hydrogen) atoms. The molecule has 3 rings (SSSR count). The molecule has 1 heterocycles. The van der Waals surface area contributed by atoms with Crippen molar-refractivity contribution in [3.8, 4) is 0 Å². The van der Waals surface area contributed by atoms with Crippen LogP contribution in [0, 0.1) is 0 Å². The highest BCUT2D eigenvalue weighted by Crippen LogP contribution is 2.35. The SMILES string of the molecule is CC(=O)Nc1ccc(NC(=O)/C=C/c2sc3ccccc3c2Cl)cc1. The van der Waals surface area contributed by atoms with Crippen molar-refractivity contribution in [2.75, 3.05) is 10.6 Å². The van der Waals surface area contributed by atoms with Crippen molar-refractivity contribution >= 4 is 62.3 Å². The van der Waals surface area contributed by atoms with Gasteiger partial charge < -0.3 is 10.6 Å². The molecule has 126 valence electrons. The Morgan fingerprint density at radius 1 is 1.00 bits per heavy atom. The average molecular weight is 371 g/mol. The lowest BCUT2D eigenvalue weighted by Gasteiger charge is -2.05. The molecule has 0 atom stereocenters. The number of halogens is 1. The zero-order valence-electron chi connectivity index (χ0n) is 13.4. The van der Waals surface area contributed by atoms with Crippen molar-refractivity contribution < 1.29 is 9.59 Å². The van der Waals surface area contributed by atoms with E-state index < -0.39 is 0 Å². The summed E-state index contributed by atoms with van der Waals surface area (Å²) in [4.78, 5) is 23.9. The molecule has 3 aromatic rings. The van der Waals surface area contributed by atoms with Gasteiger partial charge in [0, 0.05) is 39.3 Å². The van der Waals surface area contributed by atoms with Gasteiger partial charge in [-0.25, -0.2) is 0 Å². The molecule has 0 aliphatic heterocycles. The van der Waals surface area contributed by atoms with E-state index in [1.165, 1.54) is 13.0 Å². The van der Waals surface area contributed by atoms with Crippen LogP contribution in [0.1, 0.15) is 11.8 Å². The van der Waals surface area contributed by atoms with Crippen LogP contribution in [-0.2, 0) is 9.59 Å². The molecule has 0 spiro atoms. The minimum Gasteiger partial charge on any atom is -0.326 e. The van der Waals surface area contributed by atoms with Gasteiger partial charge in [0.2, 0.25) is 11.8 Å². The van der Waals surface area contributed by atoms with E-state index in [0.29, 0.717) is 16.4 Å². The molecule has 6 heteroatoms. The highest BCUT2D eigenvalue weighted by Gasteiger charge is 2.07. The number of rotatable bonds is 4. The van der Waals surface area contributed by atoms with E-state index in [9.17, 15) is 9.59 Å². The maximum absolute atomic E-state index is 12.1. The van der Waals surface area contributed by atoms with Crippen LogP contribution in [0.5, 0.6) is 0 Å². The topological polar surface area (TPSA) is 58.2 Å². The second kappa shape index (κ2) is 7.51. The van der Waals surface area contributed by atoms with E-state index in [1.54, 1.807) is 41.7 Å². The molecule has 1 aromatic heterocycles. The summed E-state index contributed by atoms with van der Waals surface area (Å²) in [6.07, 6.45) is 3.17. The molecule has 0 saturated carbocycles. The van der Waals surface area contributed by atoms with Crippen LogP contribution in [0.25, 0.3) is 16.2 Å². The Kier molecular flexibility index (Phi) is 5.16. The zero-order chi connectivity index (χ0) is 17.8. The standard InChI is InChI=1S/C19H15ClN2O2S/c1-12(23)21-13-6-8-14(9-7-13)22-18(24)11-10-17-19(20)15-4-2-3-5-16(15)25-17/h2-11H,1H3,(H,21,23)(H,22,24)/b11-10+. The van der Waals surface area contributed by atoms with Crippen molar-refractivity contribution in [1.29, 1.82) is 0 Å². The van der Waals surface area contributed by atoms with Crippen molar-refractivity contribution in [1.82, 2.24) is 0 Å². The van der Waals surface area contributed by atoms with E-state index in [2.05, 4.69) is 10.6 Å². The second-order valence-electron chi connectivity index (χ2n) is 5.36. The van der Waals surface area contributed by atoms with Crippen LogP contribution in [0.3, 0.4) is 0 Å². The molecule has 0 fully saturated rings. The Bertz CT molecular complexity index is 961. The van der Waals surface area contributed by atoms with Gasteiger partial charge in [0.25, 0.3) is 0 Å². The molecule has 2 amide bonds. The summed E-state index contributed by atoms with van der Waals surface area (Å²) < 4.78 is 1.08. The Hall–Kier alpha value is -2.63. The fraction of sp³-hybridized carbons (Fsp3) is 0.0526. The van der Waals surface area contributed by atoms with Crippen LogP contribution >= 0.6 is 22.9 Å². The first-order chi connectivity index (χ1) is 12.0. The van der Waals surface area contributed by atoms with Crippen LogP contribution in [0.2, 0.25) is 5.02 Å². The summed E-state index contributed by atoms with van der Waals surface area (Å²) in [5, 5.41) is 7.09. The van der Waals surface area contributed by atoms with Gasteiger partial charge in [0.15, 0.2) is 0 Å². The van der Waals surface area contributed by atoms with Crippen LogP contribution in [-0.4, -0.2) is 11.8 Å². The zero-order valence-corrected chi connectivity index (χ0v) is 14.9. The average Bonchev–Trinajstić information content (AvgIpc) is 2.91. The van der Waals surface area contributed by atoms with Crippen molar-refractivity contribution in [3.63, 3.8) is 0 Å². The number of hydrogen-bond acceptors (Lipinski definition) is 3. The Labute approximate surface area is 154 Å². The molecule has 0 aliphatic carbocycles. The van der Waals surface area contributed by atoms with E-state index in [-0.39, 0.29) is 11.8 Å². The minimum absolute atomic E-state index is 0.139. The number of thiophene rings is 1. The monoisotopic (exact) mass is 370 g/mol. The van der Waals surface area contributed by atoms with Crippen molar-refractivity contribution in [3.05, 3.63) is 64.5 Å². The second-order valence-corrected chi connectivity index (χ2v) is 6.82. The number of carbonyl (C=O) groups is 2. The normalized spacial score (nSPS) is 11.0. The summed E-state index contributed by atoms with van der Waals surface area (Å²) in [5.74, 6) is -0.388. The fourth-order valence-corrected chi connectivity index (χ4v) is 3.71. The molecule has 0 saturated heterocycles. The van der Waals surface area contributed by atoms with E-state index in [4.69, 9.17) is 11.6 Å². The van der Waals surface area contributed by atoms with Crippen molar-refractivity contribution in [2.24, 2.45) is 0 Å². The van der Waals surface area contributed by atoms with Crippen molar-refractivity contribution in [2.45, 2.75) is 6.92 Å². The molecule has 0 radical (unpaired) electrons. The first kappa shape index (κ1) is 17.2. The van der Waals surface area contributed by atoms with Gasteiger partial charge in [0.05, 0.1) is 5.02 Å². The third-order valence-electron chi connectivity index (χ3n) is 3.42. The first-order valence-electron chi connectivity index (χ1n) is 7.56. The van der Waals surface area contributed by atoms with Gasteiger partial charge in [-0.3, -0.25) is 9.59 Å². The van der Waals surface area contributed by atoms with Gasteiger partial charge in [-0.05, 0) is 36.4 Å². The van der Waals surface area contributed by atoms with E-state index >= 15 is 0 Å². The number of carbonyl (C=O) groups excluding carboxylic acids is 2. The van der Waals surface area contributed by atoms with Gasteiger partial charge in [-0.2, -0.15) is 0 Å². The number of anilines is 2. The summed E-state index contributed by atoms with van der Waals surface area (Å²) in [7, 11) is 0. The van der Waals surface area contributed by atoms with E-state index in [1.807, 2.05) is 24.3 Å². The summed E-state index contributed by atoms with van der Waals surface area (Å²) in [6, 6.07) is 14.8. The minimum atomic E-state index is -0.249. The Balaban J connectivity index is 1.68. The fourth-order valence-electron chi connectivity index (χ4n) is 2.32. The molecular formula is C19H15ClN2O2S. The summed E-state index contributed by atoms with van der Waals surface area (Å²) in [6.45, 7) is 1.44. The Morgan fingerprint density at radius 3 is 2.28 bits per heavy atom. The van der Waals surface area contributed by atoms with Crippen LogP contribution in [0.15, 0.2) is 54.6 Å².